The summed E-state index contributed by atoms with van der Waals surface area (Å²) in [7, 11) is 0. The van der Waals surface area contributed by atoms with E-state index < -0.39 is 0 Å². The average Bonchev–Trinajstić information content (AvgIpc) is 3.23. The van der Waals surface area contributed by atoms with Crippen LogP contribution in [0.4, 0.5) is 0 Å². The molecule has 1 atom stereocenters. The molecule has 5 heterocycles. The van der Waals surface area contributed by atoms with Crippen molar-refractivity contribution in [2.24, 2.45) is 0 Å². The Morgan fingerprint density at radius 2 is 2.07 bits per heavy atom. The van der Waals surface area contributed by atoms with Crippen molar-refractivity contribution in [1.29, 1.82) is 0 Å². The number of likely N-dealkylation sites (tertiary alicyclic amines) is 1. The van der Waals surface area contributed by atoms with Crippen molar-refractivity contribution >= 4 is 11.6 Å². The Balaban J connectivity index is 1.39. The fraction of sp³-hybridized carbons (Fsp3) is 0.261. The first-order valence-electron chi connectivity index (χ1n) is 10.2. The van der Waals surface area contributed by atoms with Gasteiger partial charge in [0.2, 0.25) is 0 Å². The Bertz CT molecular complexity index is 1200. The number of hydrogen-bond acceptors (Lipinski definition) is 5. The number of amides is 1. The minimum Gasteiger partial charge on any atom is -0.337 e. The second-order valence-electron chi connectivity index (χ2n) is 7.74. The van der Waals surface area contributed by atoms with Crippen LogP contribution in [0.1, 0.15) is 40.6 Å². The van der Waals surface area contributed by atoms with Gasteiger partial charge in [0, 0.05) is 54.9 Å². The molecule has 0 N–H and O–H groups in total. The smallest absolute Gasteiger partial charge is 0.272 e. The molecule has 7 nitrogen and oxygen atoms in total. The lowest BCUT2D eigenvalue weighted by molar-refractivity contribution is 0.0698. The highest BCUT2D eigenvalue weighted by molar-refractivity contribution is 5.92. The molecule has 30 heavy (non-hydrogen) atoms. The van der Waals surface area contributed by atoms with Gasteiger partial charge < -0.3 is 4.90 Å². The molecule has 4 aromatic rings. The molecule has 4 aromatic heterocycles. The van der Waals surface area contributed by atoms with Crippen molar-refractivity contribution in [3.8, 4) is 11.1 Å². The monoisotopic (exact) mass is 398 g/mol. The van der Waals surface area contributed by atoms with Crippen molar-refractivity contribution in [1.82, 2.24) is 29.5 Å². The molecule has 0 radical (unpaired) electrons. The highest BCUT2D eigenvalue weighted by atomic mass is 16.2. The van der Waals surface area contributed by atoms with Gasteiger partial charge >= 0.3 is 0 Å². The minimum absolute atomic E-state index is 0.0222. The predicted octanol–water partition coefficient (Wildman–Crippen LogP) is 3.51. The number of carbonyl (C=O) groups is 1. The van der Waals surface area contributed by atoms with Gasteiger partial charge in [-0.3, -0.25) is 14.8 Å². The average molecular weight is 398 g/mol. The number of aryl methyl sites for hydroxylation is 1. The summed E-state index contributed by atoms with van der Waals surface area (Å²) in [6.45, 7) is 3.32. The van der Waals surface area contributed by atoms with Crippen molar-refractivity contribution in [3.05, 3.63) is 78.3 Å². The normalized spacial score (nSPS) is 16.7. The molecule has 1 aliphatic rings. The third-order valence-electron chi connectivity index (χ3n) is 5.55. The summed E-state index contributed by atoms with van der Waals surface area (Å²) in [5.41, 5.74) is 4.42. The van der Waals surface area contributed by atoms with E-state index in [-0.39, 0.29) is 11.8 Å². The SMILES string of the molecule is Cc1ccnc(C(=O)N2CCC[C@H](c3nc4ccc(-c5cccnc5)cn4n3)C2)c1. The van der Waals surface area contributed by atoms with Gasteiger partial charge in [-0.2, -0.15) is 5.10 Å². The molecule has 150 valence electrons. The molecule has 0 spiro atoms. The van der Waals surface area contributed by atoms with E-state index in [0.717, 1.165) is 47.5 Å². The van der Waals surface area contributed by atoms with Crippen LogP contribution in [0.15, 0.2) is 61.2 Å². The number of fused-ring (bicyclic) bond motifs is 1. The van der Waals surface area contributed by atoms with Crippen LogP contribution in [0.2, 0.25) is 0 Å². The lowest BCUT2D eigenvalue weighted by Gasteiger charge is -2.31. The van der Waals surface area contributed by atoms with Gasteiger partial charge in [0.05, 0.1) is 0 Å². The topological polar surface area (TPSA) is 76.3 Å². The Morgan fingerprint density at radius 1 is 1.13 bits per heavy atom. The van der Waals surface area contributed by atoms with E-state index in [1.165, 1.54) is 0 Å². The van der Waals surface area contributed by atoms with E-state index in [1.807, 2.05) is 65.1 Å². The summed E-state index contributed by atoms with van der Waals surface area (Å²) in [5.74, 6) is 0.883. The Morgan fingerprint density at radius 3 is 2.90 bits per heavy atom. The second kappa shape index (κ2) is 7.67. The maximum absolute atomic E-state index is 12.9. The van der Waals surface area contributed by atoms with E-state index in [4.69, 9.17) is 10.1 Å². The highest BCUT2D eigenvalue weighted by Crippen LogP contribution is 2.27. The van der Waals surface area contributed by atoms with Gasteiger partial charge in [0.1, 0.15) is 5.69 Å². The minimum atomic E-state index is -0.0222. The highest BCUT2D eigenvalue weighted by Gasteiger charge is 2.28. The van der Waals surface area contributed by atoms with Crippen LogP contribution in [0.5, 0.6) is 0 Å². The molecule has 1 amide bonds. The molecule has 0 aliphatic carbocycles. The first-order valence-corrected chi connectivity index (χ1v) is 10.2. The Hall–Kier alpha value is -3.61. The molecular weight excluding hydrogens is 376 g/mol. The summed E-state index contributed by atoms with van der Waals surface area (Å²) in [4.78, 5) is 28.0. The summed E-state index contributed by atoms with van der Waals surface area (Å²) < 4.78 is 1.82. The molecule has 1 saturated heterocycles. The molecule has 0 bridgehead atoms. The molecule has 1 fully saturated rings. The first-order chi connectivity index (χ1) is 14.7. The van der Waals surface area contributed by atoms with E-state index in [2.05, 4.69) is 9.97 Å². The summed E-state index contributed by atoms with van der Waals surface area (Å²) in [6, 6.07) is 11.7. The predicted molar refractivity (Wildman–Crippen MR) is 113 cm³/mol. The molecular formula is C23H22N6O. The molecule has 0 unspecified atom stereocenters. The van der Waals surface area contributed by atoms with Gasteiger partial charge in [0.15, 0.2) is 11.5 Å². The van der Waals surface area contributed by atoms with Crippen molar-refractivity contribution in [2.75, 3.05) is 13.1 Å². The van der Waals surface area contributed by atoms with Gasteiger partial charge in [-0.15, -0.1) is 0 Å². The first kappa shape index (κ1) is 18.4. The number of aromatic nitrogens is 5. The molecule has 5 rings (SSSR count). The zero-order valence-corrected chi connectivity index (χ0v) is 16.8. The molecule has 0 saturated carbocycles. The quantitative estimate of drug-likeness (QED) is 0.528. The fourth-order valence-electron chi connectivity index (χ4n) is 3.96. The zero-order valence-electron chi connectivity index (χ0n) is 16.8. The number of rotatable bonds is 3. The van der Waals surface area contributed by atoms with Gasteiger partial charge in [-0.1, -0.05) is 6.07 Å². The number of nitrogens with zero attached hydrogens (tertiary/aromatic N) is 6. The number of carbonyl (C=O) groups excluding carboxylic acids is 1. The standard InChI is InChI=1S/C23H22N6O/c1-16-8-10-25-20(12-16)23(30)28-11-3-5-19(14-28)22-26-21-7-6-18(15-29(21)27-22)17-4-2-9-24-13-17/h2,4,6-10,12-13,15,19H,3,5,11,14H2,1H3/t19-/m0/s1. The lowest BCUT2D eigenvalue weighted by Crippen LogP contribution is -2.39. The Labute approximate surface area is 174 Å². The van der Waals surface area contributed by atoms with Crippen LogP contribution in [-0.4, -0.2) is 48.5 Å². The van der Waals surface area contributed by atoms with Gasteiger partial charge in [-0.25, -0.2) is 9.50 Å². The third kappa shape index (κ3) is 3.54. The third-order valence-corrected chi connectivity index (χ3v) is 5.55. The van der Waals surface area contributed by atoms with Crippen LogP contribution >= 0.6 is 0 Å². The van der Waals surface area contributed by atoms with Crippen LogP contribution < -0.4 is 0 Å². The zero-order chi connectivity index (χ0) is 20.5. The molecule has 1 aliphatic heterocycles. The number of hydrogen-bond donors (Lipinski definition) is 0. The van der Waals surface area contributed by atoms with E-state index in [1.54, 1.807) is 12.4 Å². The van der Waals surface area contributed by atoms with E-state index in [0.29, 0.717) is 12.2 Å². The Kier molecular flexibility index (Phi) is 4.71. The summed E-state index contributed by atoms with van der Waals surface area (Å²) in [5, 5.41) is 4.73. The van der Waals surface area contributed by atoms with Crippen molar-refractivity contribution in [3.63, 3.8) is 0 Å². The van der Waals surface area contributed by atoms with E-state index in [9.17, 15) is 4.79 Å². The van der Waals surface area contributed by atoms with Crippen LogP contribution in [-0.2, 0) is 0 Å². The van der Waals surface area contributed by atoms with Crippen LogP contribution in [0.25, 0.3) is 16.8 Å². The largest absolute Gasteiger partial charge is 0.337 e. The van der Waals surface area contributed by atoms with Crippen molar-refractivity contribution in [2.45, 2.75) is 25.7 Å². The number of piperidine rings is 1. The maximum atomic E-state index is 12.9. The summed E-state index contributed by atoms with van der Waals surface area (Å²) in [6.07, 6.45) is 9.16. The number of pyridine rings is 3. The van der Waals surface area contributed by atoms with Crippen LogP contribution in [0, 0.1) is 6.92 Å². The van der Waals surface area contributed by atoms with Crippen molar-refractivity contribution < 1.29 is 4.79 Å². The van der Waals surface area contributed by atoms with Gasteiger partial charge in [0.25, 0.3) is 5.91 Å². The second-order valence-corrected chi connectivity index (χ2v) is 7.74. The fourth-order valence-corrected chi connectivity index (χ4v) is 3.96. The lowest BCUT2D eigenvalue weighted by atomic mass is 9.97. The summed E-state index contributed by atoms with van der Waals surface area (Å²) >= 11 is 0. The molecule has 7 heteroatoms. The molecule has 0 aromatic carbocycles. The van der Waals surface area contributed by atoms with Crippen LogP contribution in [0.3, 0.4) is 0 Å². The maximum Gasteiger partial charge on any atom is 0.272 e. The van der Waals surface area contributed by atoms with E-state index >= 15 is 0 Å². The van der Waals surface area contributed by atoms with Gasteiger partial charge in [-0.05, 0) is 55.7 Å².